The van der Waals surface area contributed by atoms with Gasteiger partial charge >= 0.3 is 0 Å². The summed E-state index contributed by atoms with van der Waals surface area (Å²) in [5.41, 5.74) is 8.41. The van der Waals surface area contributed by atoms with E-state index in [1.807, 2.05) is 31.2 Å². The van der Waals surface area contributed by atoms with Crippen LogP contribution in [-0.2, 0) is 0 Å². The second-order valence-electron chi connectivity index (χ2n) is 4.50. The highest BCUT2D eigenvalue weighted by Gasteiger charge is 2.07. The van der Waals surface area contributed by atoms with Gasteiger partial charge in [-0.25, -0.2) is 4.98 Å². The third-order valence-corrected chi connectivity index (χ3v) is 3.86. The Balaban J connectivity index is 2.12. The van der Waals surface area contributed by atoms with Crippen LogP contribution < -0.4 is 15.8 Å². The van der Waals surface area contributed by atoms with Gasteiger partial charge in [0, 0.05) is 5.69 Å². The summed E-state index contributed by atoms with van der Waals surface area (Å²) in [4.78, 5) is 4.29. The Morgan fingerprint density at radius 1 is 1.30 bits per heavy atom. The van der Waals surface area contributed by atoms with E-state index in [1.165, 1.54) is 0 Å². The van der Waals surface area contributed by atoms with E-state index < -0.39 is 0 Å². The van der Waals surface area contributed by atoms with Crippen LogP contribution in [0.3, 0.4) is 0 Å². The fourth-order valence-corrected chi connectivity index (χ4v) is 2.10. The molecule has 0 amide bonds. The van der Waals surface area contributed by atoms with Crippen molar-refractivity contribution in [2.75, 3.05) is 17.7 Å². The van der Waals surface area contributed by atoms with E-state index in [4.69, 9.17) is 10.5 Å². The van der Waals surface area contributed by atoms with Crippen molar-refractivity contribution < 1.29 is 4.74 Å². The summed E-state index contributed by atoms with van der Waals surface area (Å²) >= 11 is 3.51. The van der Waals surface area contributed by atoms with Crippen LogP contribution in [0.5, 0.6) is 5.75 Å². The monoisotopic (exact) mass is 335 g/mol. The Bertz CT molecular complexity index is 584. The van der Waals surface area contributed by atoms with Gasteiger partial charge in [-0.2, -0.15) is 0 Å². The largest absolute Gasteiger partial charge is 0.494 e. The summed E-state index contributed by atoms with van der Waals surface area (Å²) in [6, 6.07) is 7.81. The van der Waals surface area contributed by atoms with Crippen molar-refractivity contribution in [1.82, 2.24) is 4.98 Å². The molecule has 0 saturated carbocycles. The molecule has 0 bridgehead atoms. The Morgan fingerprint density at radius 3 is 2.65 bits per heavy atom. The molecule has 5 heteroatoms. The molecule has 0 saturated heterocycles. The number of halogens is 1. The van der Waals surface area contributed by atoms with Gasteiger partial charge in [0.15, 0.2) is 0 Å². The molecular weight excluding hydrogens is 318 g/mol. The number of ether oxygens (including phenoxy) is 1. The maximum atomic E-state index is 5.81. The van der Waals surface area contributed by atoms with Crippen LogP contribution in [0, 0.1) is 6.92 Å². The van der Waals surface area contributed by atoms with Gasteiger partial charge in [-0.15, -0.1) is 0 Å². The highest BCUT2D eigenvalue weighted by atomic mass is 79.9. The third kappa shape index (κ3) is 3.42. The molecule has 4 nitrogen and oxygen atoms in total. The number of nitrogens with two attached hydrogens (primary N) is 1. The van der Waals surface area contributed by atoms with Gasteiger partial charge in [0.25, 0.3) is 0 Å². The fourth-order valence-electron chi connectivity index (χ4n) is 1.67. The molecule has 0 aliphatic carbocycles. The zero-order chi connectivity index (χ0) is 14.5. The minimum absolute atomic E-state index is 0.672. The lowest BCUT2D eigenvalue weighted by Gasteiger charge is -2.11. The second-order valence-corrected chi connectivity index (χ2v) is 5.29. The molecule has 0 fully saturated rings. The molecule has 0 unspecified atom stereocenters. The van der Waals surface area contributed by atoms with Crippen molar-refractivity contribution in [2.24, 2.45) is 0 Å². The maximum Gasteiger partial charge on any atom is 0.145 e. The maximum absolute atomic E-state index is 5.81. The van der Waals surface area contributed by atoms with E-state index in [9.17, 15) is 0 Å². The lowest BCUT2D eigenvalue weighted by atomic mass is 10.2. The van der Waals surface area contributed by atoms with Crippen LogP contribution in [0.2, 0.25) is 0 Å². The Morgan fingerprint density at radius 2 is 2.00 bits per heavy atom. The summed E-state index contributed by atoms with van der Waals surface area (Å²) in [6.45, 7) is 4.77. The molecule has 106 valence electrons. The quantitative estimate of drug-likeness (QED) is 0.856. The van der Waals surface area contributed by atoms with Crippen LogP contribution >= 0.6 is 15.9 Å². The first kappa shape index (κ1) is 14.7. The molecule has 1 heterocycles. The van der Waals surface area contributed by atoms with Gasteiger partial charge < -0.3 is 15.8 Å². The summed E-state index contributed by atoms with van der Waals surface area (Å²) in [6.07, 6.45) is 2.66. The molecule has 0 atom stereocenters. The van der Waals surface area contributed by atoms with E-state index in [2.05, 4.69) is 33.2 Å². The smallest absolute Gasteiger partial charge is 0.145 e. The highest BCUT2D eigenvalue weighted by Crippen LogP contribution is 2.30. The number of aromatic nitrogens is 1. The number of hydrogen-bond acceptors (Lipinski definition) is 4. The Hall–Kier alpha value is -1.75. The van der Waals surface area contributed by atoms with Crippen molar-refractivity contribution in [3.05, 3.63) is 40.5 Å². The van der Waals surface area contributed by atoms with Crippen molar-refractivity contribution >= 4 is 33.1 Å². The van der Waals surface area contributed by atoms with E-state index in [1.54, 1.807) is 6.20 Å². The predicted molar refractivity (Wildman–Crippen MR) is 86.6 cm³/mol. The number of benzene rings is 1. The Labute approximate surface area is 127 Å². The summed E-state index contributed by atoms with van der Waals surface area (Å²) in [5.74, 6) is 1.62. The van der Waals surface area contributed by atoms with Gasteiger partial charge in [-0.1, -0.05) is 6.92 Å². The normalized spacial score (nSPS) is 10.3. The van der Waals surface area contributed by atoms with Gasteiger partial charge in [0.1, 0.15) is 11.6 Å². The molecule has 0 spiro atoms. The van der Waals surface area contributed by atoms with Gasteiger partial charge in [-0.3, -0.25) is 0 Å². The van der Waals surface area contributed by atoms with Crippen LogP contribution in [0.15, 0.2) is 34.9 Å². The van der Waals surface area contributed by atoms with Crippen molar-refractivity contribution in [1.29, 1.82) is 0 Å². The highest BCUT2D eigenvalue weighted by molar-refractivity contribution is 9.10. The van der Waals surface area contributed by atoms with Gasteiger partial charge in [-0.05, 0) is 59.1 Å². The van der Waals surface area contributed by atoms with Crippen LogP contribution in [0.25, 0.3) is 0 Å². The average molecular weight is 336 g/mol. The number of anilines is 3. The van der Waals surface area contributed by atoms with Crippen LogP contribution in [0.4, 0.5) is 17.2 Å². The molecule has 1 aromatic carbocycles. The predicted octanol–water partition coefficient (Wildman–Crippen LogP) is 4.27. The molecule has 2 aromatic rings. The van der Waals surface area contributed by atoms with Crippen molar-refractivity contribution in [3.63, 3.8) is 0 Å². The minimum Gasteiger partial charge on any atom is -0.494 e. The first-order chi connectivity index (χ1) is 9.61. The van der Waals surface area contributed by atoms with E-state index >= 15 is 0 Å². The number of pyridine rings is 1. The molecule has 2 rings (SSSR count). The first-order valence-corrected chi connectivity index (χ1v) is 7.31. The van der Waals surface area contributed by atoms with E-state index in [0.717, 1.165) is 40.3 Å². The number of nitrogen functional groups attached to an aromatic ring is 1. The fraction of sp³-hybridized carbons (Fsp3) is 0.267. The lowest BCUT2D eigenvalue weighted by Crippen LogP contribution is -2.00. The number of rotatable bonds is 5. The van der Waals surface area contributed by atoms with Crippen LogP contribution in [0.1, 0.15) is 18.9 Å². The van der Waals surface area contributed by atoms with Gasteiger partial charge in [0.05, 0.1) is 23.0 Å². The zero-order valence-corrected chi connectivity index (χ0v) is 13.2. The second kappa shape index (κ2) is 6.61. The standard InChI is InChI=1S/C15H18BrN3O/c1-3-8-20-12-6-4-11(5-7-12)19-15-14(16)10(2)13(17)9-18-15/h4-7,9H,3,8,17H2,1-2H3,(H,18,19). The number of nitrogens with zero attached hydrogens (tertiary/aromatic N) is 1. The average Bonchev–Trinajstić information content (AvgIpc) is 2.47. The molecule has 3 N–H and O–H groups in total. The Kier molecular flexibility index (Phi) is 4.84. The number of hydrogen-bond donors (Lipinski definition) is 2. The van der Waals surface area contributed by atoms with Crippen LogP contribution in [-0.4, -0.2) is 11.6 Å². The molecule has 0 aliphatic heterocycles. The molecule has 20 heavy (non-hydrogen) atoms. The molecule has 1 aromatic heterocycles. The third-order valence-electron chi connectivity index (χ3n) is 2.89. The number of nitrogens with one attached hydrogen (secondary N) is 1. The SMILES string of the molecule is CCCOc1ccc(Nc2ncc(N)c(C)c2Br)cc1. The summed E-state index contributed by atoms with van der Waals surface area (Å²) in [7, 11) is 0. The first-order valence-electron chi connectivity index (χ1n) is 6.52. The summed E-state index contributed by atoms with van der Waals surface area (Å²) in [5, 5.41) is 3.25. The molecular formula is C15H18BrN3O. The van der Waals surface area contributed by atoms with Gasteiger partial charge in [0.2, 0.25) is 0 Å². The van der Waals surface area contributed by atoms with E-state index in [-0.39, 0.29) is 0 Å². The molecule has 0 aliphatic rings. The molecule has 0 radical (unpaired) electrons. The topological polar surface area (TPSA) is 60.2 Å². The van der Waals surface area contributed by atoms with Crippen molar-refractivity contribution in [2.45, 2.75) is 20.3 Å². The van der Waals surface area contributed by atoms with Crippen molar-refractivity contribution in [3.8, 4) is 5.75 Å². The minimum atomic E-state index is 0.672. The van der Waals surface area contributed by atoms with E-state index in [0.29, 0.717) is 5.69 Å². The summed E-state index contributed by atoms with van der Waals surface area (Å²) < 4.78 is 6.43. The zero-order valence-electron chi connectivity index (χ0n) is 11.6. The lowest BCUT2D eigenvalue weighted by molar-refractivity contribution is 0.317.